The fourth-order valence-corrected chi connectivity index (χ4v) is 1.11. The van der Waals surface area contributed by atoms with Crippen LogP contribution in [-0.4, -0.2) is 51.1 Å². The first kappa shape index (κ1) is 8.89. The lowest BCUT2D eigenvalue weighted by molar-refractivity contribution is -0.129. The van der Waals surface area contributed by atoms with Crippen molar-refractivity contribution in [2.24, 2.45) is 0 Å². The summed E-state index contributed by atoms with van der Waals surface area (Å²) in [5.74, 6) is 0. The van der Waals surface area contributed by atoms with Crippen LogP contribution in [0.2, 0.25) is 0 Å². The molecule has 1 fully saturated rings. The van der Waals surface area contributed by atoms with Crippen LogP contribution in [0.25, 0.3) is 0 Å². The Hall–Kier alpha value is -0.200. The Morgan fingerprint density at radius 1 is 1.45 bits per heavy atom. The normalized spacial score (nSPS) is 51.5. The molecule has 0 aliphatic carbocycles. The van der Waals surface area contributed by atoms with Gasteiger partial charge in [-0.1, -0.05) is 0 Å². The number of aliphatic hydroxyl groups is 4. The lowest BCUT2D eigenvalue weighted by Gasteiger charge is -2.25. The molecule has 5 heteroatoms. The van der Waals surface area contributed by atoms with Gasteiger partial charge in [0.1, 0.15) is 11.7 Å². The Morgan fingerprint density at radius 2 is 2.00 bits per heavy atom. The highest BCUT2D eigenvalue weighted by Gasteiger charge is 2.52. The second-order valence-corrected chi connectivity index (χ2v) is 2.76. The molecule has 4 atom stereocenters. The number of ether oxygens (including phenoxy) is 1. The van der Waals surface area contributed by atoms with Crippen LogP contribution >= 0.6 is 0 Å². The minimum atomic E-state index is -1.74. The Labute approximate surface area is 63.8 Å². The minimum Gasteiger partial charge on any atom is -0.393 e. The summed E-state index contributed by atoms with van der Waals surface area (Å²) in [6.07, 6.45) is -3.62. The summed E-state index contributed by atoms with van der Waals surface area (Å²) in [5, 5.41) is 36.1. The van der Waals surface area contributed by atoms with Crippen molar-refractivity contribution in [2.45, 2.75) is 31.0 Å². The average molecular weight is 164 g/mol. The van der Waals surface area contributed by atoms with E-state index in [2.05, 4.69) is 4.74 Å². The second-order valence-electron chi connectivity index (χ2n) is 2.76. The maximum atomic E-state index is 9.42. The average Bonchev–Trinajstić information content (AvgIpc) is 2.16. The van der Waals surface area contributed by atoms with Crippen LogP contribution < -0.4 is 0 Å². The van der Waals surface area contributed by atoms with Gasteiger partial charge in [-0.2, -0.15) is 0 Å². The first-order valence-electron chi connectivity index (χ1n) is 3.37. The molecule has 0 saturated carbocycles. The van der Waals surface area contributed by atoms with Gasteiger partial charge in [0.25, 0.3) is 0 Å². The highest BCUT2D eigenvalue weighted by atomic mass is 16.6. The molecule has 5 nitrogen and oxygen atoms in total. The standard InChI is InChI=1S/C6H12O5/c1-3-6(10,2-7)4(8)5(9)11-3/h3-5,7-10H,2H2,1H3/t3-,4-,5-,6+/m0/s1. The van der Waals surface area contributed by atoms with Crippen LogP contribution in [0.4, 0.5) is 0 Å². The summed E-state index contributed by atoms with van der Waals surface area (Å²) in [4.78, 5) is 0. The van der Waals surface area contributed by atoms with Gasteiger partial charge >= 0.3 is 0 Å². The summed E-state index contributed by atoms with van der Waals surface area (Å²) in [7, 11) is 0. The molecule has 0 amide bonds. The van der Waals surface area contributed by atoms with Gasteiger partial charge in [0.05, 0.1) is 12.7 Å². The maximum Gasteiger partial charge on any atom is 0.184 e. The third-order valence-corrected chi connectivity index (χ3v) is 2.08. The van der Waals surface area contributed by atoms with E-state index in [1.54, 1.807) is 0 Å². The van der Waals surface area contributed by atoms with Crippen molar-refractivity contribution in [1.82, 2.24) is 0 Å². The molecule has 1 aliphatic rings. The first-order valence-corrected chi connectivity index (χ1v) is 3.37. The highest BCUT2D eigenvalue weighted by molar-refractivity contribution is 4.98. The molecular weight excluding hydrogens is 152 g/mol. The molecule has 0 aromatic heterocycles. The Balaban J connectivity index is 2.78. The van der Waals surface area contributed by atoms with Gasteiger partial charge in [-0.15, -0.1) is 0 Å². The SMILES string of the molecule is C[C@@H]1O[C@H](O)[C@H](O)[C@@]1(O)CO. The first-order chi connectivity index (χ1) is 5.02. The topological polar surface area (TPSA) is 90.2 Å². The molecule has 0 bridgehead atoms. The summed E-state index contributed by atoms with van der Waals surface area (Å²) < 4.78 is 4.68. The van der Waals surface area contributed by atoms with E-state index in [0.717, 1.165) is 0 Å². The number of aliphatic hydroxyl groups excluding tert-OH is 3. The second kappa shape index (κ2) is 2.69. The van der Waals surface area contributed by atoms with Crippen LogP contribution in [0.15, 0.2) is 0 Å². The quantitative estimate of drug-likeness (QED) is 0.353. The Kier molecular flexibility index (Phi) is 2.17. The van der Waals surface area contributed by atoms with Crippen molar-refractivity contribution < 1.29 is 25.2 Å². The lowest BCUT2D eigenvalue weighted by Crippen LogP contribution is -2.50. The van der Waals surface area contributed by atoms with Gasteiger partial charge in [-0.25, -0.2) is 0 Å². The van der Waals surface area contributed by atoms with E-state index in [0.29, 0.717) is 0 Å². The van der Waals surface area contributed by atoms with Crippen LogP contribution in [0.3, 0.4) is 0 Å². The molecule has 0 aromatic rings. The van der Waals surface area contributed by atoms with Gasteiger partial charge in [-0.05, 0) is 6.92 Å². The van der Waals surface area contributed by atoms with Crippen molar-refractivity contribution in [2.75, 3.05) is 6.61 Å². The van der Waals surface area contributed by atoms with Crippen LogP contribution in [0, 0.1) is 0 Å². The van der Waals surface area contributed by atoms with Crippen LogP contribution in [0.5, 0.6) is 0 Å². The highest BCUT2D eigenvalue weighted by Crippen LogP contribution is 2.29. The van der Waals surface area contributed by atoms with Crippen molar-refractivity contribution in [3.8, 4) is 0 Å². The fraction of sp³-hybridized carbons (Fsp3) is 1.00. The molecule has 11 heavy (non-hydrogen) atoms. The van der Waals surface area contributed by atoms with E-state index >= 15 is 0 Å². The molecule has 0 unspecified atom stereocenters. The summed E-state index contributed by atoms with van der Waals surface area (Å²) in [6.45, 7) is 0.835. The molecule has 1 aliphatic heterocycles. The maximum absolute atomic E-state index is 9.42. The minimum absolute atomic E-state index is 0.633. The Morgan fingerprint density at radius 3 is 2.18 bits per heavy atom. The third-order valence-electron chi connectivity index (χ3n) is 2.08. The van der Waals surface area contributed by atoms with Crippen LogP contribution in [-0.2, 0) is 4.74 Å². The molecule has 1 saturated heterocycles. The number of rotatable bonds is 1. The Bertz CT molecular complexity index is 150. The van der Waals surface area contributed by atoms with E-state index < -0.39 is 30.7 Å². The molecule has 1 rings (SSSR count). The van der Waals surface area contributed by atoms with Crippen molar-refractivity contribution in [3.05, 3.63) is 0 Å². The number of hydrogen-bond acceptors (Lipinski definition) is 5. The molecule has 0 aromatic carbocycles. The molecule has 0 radical (unpaired) electrons. The van der Waals surface area contributed by atoms with Crippen molar-refractivity contribution in [1.29, 1.82) is 0 Å². The smallest absolute Gasteiger partial charge is 0.184 e. The van der Waals surface area contributed by atoms with Crippen LogP contribution in [0.1, 0.15) is 6.92 Å². The zero-order valence-corrected chi connectivity index (χ0v) is 6.14. The fourth-order valence-electron chi connectivity index (χ4n) is 1.11. The van der Waals surface area contributed by atoms with Gasteiger partial charge in [-0.3, -0.25) is 0 Å². The lowest BCUT2D eigenvalue weighted by atomic mass is 9.95. The monoisotopic (exact) mass is 164 g/mol. The van der Waals surface area contributed by atoms with Gasteiger partial charge in [0, 0.05) is 0 Å². The molecule has 66 valence electrons. The zero-order valence-electron chi connectivity index (χ0n) is 6.14. The summed E-state index contributed by atoms with van der Waals surface area (Å²) in [5.41, 5.74) is -1.74. The van der Waals surface area contributed by atoms with Crippen molar-refractivity contribution in [3.63, 3.8) is 0 Å². The van der Waals surface area contributed by atoms with E-state index in [9.17, 15) is 5.11 Å². The zero-order chi connectivity index (χ0) is 8.65. The van der Waals surface area contributed by atoms with Gasteiger partial charge < -0.3 is 25.2 Å². The number of hydrogen-bond donors (Lipinski definition) is 4. The van der Waals surface area contributed by atoms with E-state index in [-0.39, 0.29) is 0 Å². The van der Waals surface area contributed by atoms with E-state index in [1.165, 1.54) is 6.92 Å². The van der Waals surface area contributed by atoms with Gasteiger partial charge in [0.15, 0.2) is 6.29 Å². The van der Waals surface area contributed by atoms with Crippen molar-refractivity contribution >= 4 is 0 Å². The molecule has 4 N–H and O–H groups in total. The van der Waals surface area contributed by atoms with E-state index in [1.807, 2.05) is 0 Å². The van der Waals surface area contributed by atoms with E-state index in [4.69, 9.17) is 15.3 Å². The largest absolute Gasteiger partial charge is 0.393 e. The summed E-state index contributed by atoms with van der Waals surface area (Å²) >= 11 is 0. The molecular formula is C6H12O5. The molecule has 0 spiro atoms. The predicted molar refractivity (Wildman–Crippen MR) is 34.6 cm³/mol. The third kappa shape index (κ3) is 1.15. The molecule has 1 heterocycles. The predicted octanol–water partition coefficient (Wildman–Crippen LogP) is -2.19. The van der Waals surface area contributed by atoms with Gasteiger partial charge in [0.2, 0.25) is 0 Å². The summed E-state index contributed by atoms with van der Waals surface area (Å²) in [6, 6.07) is 0.